The molecule has 0 aliphatic rings. The van der Waals surface area contributed by atoms with E-state index in [2.05, 4.69) is 10.3 Å². The number of rotatable bonds is 7. The van der Waals surface area contributed by atoms with Gasteiger partial charge in [0.15, 0.2) is 0 Å². The fraction of sp³-hybridized carbons (Fsp3) is 0.333. The molecule has 1 amide bonds. The Morgan fingerprint density at radius 2 is 2.15 bits per heavy atom. The van der Waals surface area contributed by atoms with Gasteiger partial charge in [-0.25, -0.2) is 4.98 Å². The van der Waals surface area contributed by atoms with Crippen molar-refractivity contribution in [2.45, 2.75) is 25.4 Å². The highest BCUT2D eigenvalue weighted by Gasteiger charge is 2.11. The summed E-state index contributed by atoms with van der Waals surface area (Å²) >= 11 is 0. The van der Waals surface area contributed by atoms with E-state index in [0.717, 1.165) is 5.56 Å². The summed E-state index contributed by atoms with van der Waals surface area (Å²) in [5.41, 5.74) is 1.10. The van der Waals surface area contributed by atoms with Crippen molar-refractivity contribution in [3.63, 3.8) is 0 Å². The van der Waals surface area contributed by atoms with Crippen LogP contribution in [0.3, 0.4) is 0 Å². The molecule has 1 aromatic carbocycles. The Hall–Kier alpha value is -2.14. The van der Waals surface area contributed by atoms with Crippen LogP contribution in [-0.2, 0) is 17.8 Å². The predicted molar refractivity (Wildman–Crippen MR) is 76.0 cm³/mol. The van der Waals surface area contributed by atoms with Crippen LogP contribution in [0.15, 0.2) is 49.1 Å². The number of imidazole rings is 1. The van der Waals surface area contributed by atoms with E-state index in [9.17, 15) is 9.90 Å². The van der Waals surface area contributed by atoms with E-state index in [-0.39, 0.29) is 18.6 Å². The first-order valence-corrected chi connectivity index (χ1v) is 6.68. The van der Waals surface area contributed by atoms with Crippen molar-refractivity contribution in [2.24, 2.45) is 0 Å². The Morgan fingerprint density at radius 3 is 2.80 bits per heavy atom. The molecule has 0 spiro atoms. The van der Waals surface area contributed by atoms with Gasteiger partial charge < -0.3 is 15.0 Å². The Morgan fingerprint density at radius 1 is 1.35 bits per heavy atom. The van der Waals surface area contributed by atoms with Gasteiger partial charge in [-0.05, 0) is 12.0 Å². The molecule has 0 saturated heterocycles. The predicted octanol–water partition coefficient (Wildman–Crippen LogP) is 0.993. The molecular formula is C15H19N3O2. The Bertz CT molecular complexity index is 511. The second-order valence-electron chi connectivity index (χ2n) is 4.69. The average molecular weight is 273 g/mol. The fourth-order valence-electron chi connectivity index (χ4n) is 2.01. The Kier molecular flexibility index (Phi) is 5.32. The minimum Gasteiger partial charge on any atom is -0.394 e. The number of carbonyl (C=O) groups excluding carboxylic acids is 1. The third-order valence-electron chi connectivity index (χ3n) is 3.07. The lowest BCUT2D eigenvalue weighted by molar-refractivity contribution is -0.122. The molecular weight excluding hydrogens is 254 g/mol. The number of aryl methyl sites for hydroxylation is 1. The van der Waals surface area contributed by atoms with Crippen molar-refractivity contribution < 1.29 is 9.90 Å². The summed E-state index contributed by atoms with van der Waals surface area (Å²) in [6, 6.07) is 9.57. The summed E-state index contributed by atoms with van der Waals surface area (Å²) in [5, 5.41) is 12.2. The fourth-order valence-corrected chi connectivity index (χ4v) is 2.01. The molecule has 0 saturated carbocycles. The van der Waals surface area contributed by atoms with Gasteiger partial charge >= 0.3 is 0 Å². The maximum atomic E-state index is 11.8. The summed E-state index contributed by atoms with van der Waals surface area (Å²) in [6.07, 6.45) is 6.20. The topological polar surface area (TPSA) is 67.2 Å². The van der Waals surface area contributed by atoms with Gasteiger partial charge in [-0.15, -0.1) is 0 Å². The third-order valence-corrected chi connectivity index (χ3v) is 3.07. The van der Waals surface area contributed by atoms with Gasteiger partial charge in [0, 0.05) is 25.4 Å². The zero-order valence-corrected chi connectivity index (χ0v) is 11.3. The molecule has 5 nitrogen and oxygen atoms in total. The molecule has 0 unspecified atom stereocenters. The minimum atomic E-state index is -0.243. The number of nitrogens with one attached hydrogen (secondary N) is 1. The van der Waals surface area contributed by atoms with Crippen molar-refractivity contribution in [2.75, 3.05) is 6.61 Å². The molecule has 1 atom stereocenters. The highest BCUT2D eigenvalue weighted by Crippen LogP contribution is 2.03. The zero-order chi connectivity index (χ0) is 14.2. The SMILES string of the molecule is O=C(CCn1ccnc1)N[C@H](CO)Cc1ccccc1. The van der Waals surface area contributed by atoms with Gasteiger partial charge in [0.2, 0.25) is 5.91 Å². The van der Waals surface area contributed by atoms with Gasteiger partial charge in [-0.3, -0.25) is 4.79 Å². The molecule has 0 aliphatic carbocycles. The molecule has 1 heterocycles. The van der Waals surface area contributed by atoms with Crippen LogP contribution < -0.4 is 5.32 Å². The number of benzene rings is 1. The Balaban J connectivity index is 1.79. The molecule has 2 rings (SSSR count). The number of amides is 1. The summed E-state index contributed by atoms with van der Waals surface area (Å²) in [7, 11) is 0. The van der Waals surface area contributed by atoms with Crippen LogP contribution >= 0.6 is 0 Å². The smallest absolute Gasteiger partial charge is 0.222 e. The van der Waals surface area contributed by atoms with Crippen LogP contribution in [-0.4, -0.2) is 33.2 Å². The summed E-state index contributed by atoms with van der Waals surface area (Å²) in [6.45, 7) is 0.529. The van der Waals surface area contributed by atoms with Crippen LogP contribution in [0, 0.1) is 0 Å². The van der Waals surface area contributed by atoms with Crippen molar-refractivity contribution in [3.8, 4) is 0 Å². The summed E-state index contributed by atoms with van der Waals surface area (Å²) in [4.78, 5) is 15.8. The van der Waals surface area contributed by atoms with E-state index in [1.165, 1.54) is 0 Å². The number of aromatic nitrogens is 2. The van der Waals surface area contributed by atoms with E-state index >= 15 is 0 Å². The zero-order valence-electron chi connectivity index (χ0n) is 11.3. The second kappa shape index (κ2) is 7.45. The van der Waals surface area contributed by atoms with Crippen molar-refractivity contribution in [1.82, 2.24) is 14.9 Å². The third kappa shape index (κ3) is 4.51. The quantitative estimate of drug-likeness (QED) is 0.790. The normalized spacial score (nSPS) is 12.1. The minimum absolute atomic E-state index is 0.0614. The van der Waals surface area contributed by atoms with Crippen LogP contribution in [0.5, 0.6) is 0 Å². The number of hydrogen-bond donors (Lipinski definition) is 2. The van der Waals surface area contributed by atoms with Crippen LogP contribution in [0.4, 0.5) is 0 Å². The van der Waals surface area contributed by atoms with E-state index in [1.54, 1.807) is 12.5 Å². The van der Waals surface area contributed by atoms with Crippen LogP contribution in [0.1, 0.15) is 12.0 Å². The number of aliphatic hydroxyl groups excluding tert-OH is 1. The van der Waals surface area contributed by atoms with Gasteiger partial charge in [0.25, 0.3) is 0 Å². The molecule has 0 fully saturated rings. The van der Waals surface area contributed by atoms with E-state index < -0.39 is 0 Å². The molecule has 0 bridgehead atoms. The molecule has 5 heteroatoms. The first-order valence-electron chi connectivity index (χ1n) is 6.68. The molecule has 20 heavy (non-hydrogen) atoms. The lowest BCUT2D eigenvalue weighted by atomic mass is 10.1. The molecule has 2 aromatic rings. The molecule has 0 aliphatic heterocycles. The average Bonchev–Trinajstić information content (AvgIpc) is 2.99. The lowest BCUT2D eigenvalue weighted by Gasteiger charge is -2.16. The standard InChI is InChI=1S/C15H19N3O2/c19-11-14(10-13-4-2-1-3-5-13)17-15(20)6-8-18-9-7-16-12-18/h1-5,7,9,12,14,19H,6,8,10-11H2,(H,17,20)/t14-/m0/s1. The Labute approximate surface area is 118 Å². The molecule has 1 aromatic heterocycles. The van der Waals surface area contributed by atoms with Gasteiger partial charge in [0.1, 0.15) is 0 Å². The van der Waals surface area contributed by atoms with E-state index in [1.807, 2.05) is 41.1 Å². The number of hydrogen-bond acceptors (Lipinski definition) is 3. The maximum absolute atomic E-state index is 11.8. The van der Waals surface area contributed by atoms with Crippen molar-refractivity contribution in [3.05, 3.63) is 54.6 Å². The number of nitrogens with zero attached hydrogens (tertiary/aromatic N) is 2. The van der Waals surface area contributed by atoms with E-state index in [4.69, 9.17) is 0 Å². The molecule has 106 valence electrons. The first-order chi connectivity index (χ1) is 9.78. The monoisotopic (exact) mass is 273 g/mol. The summed E-state index contributed by atoms with van der Waals surface area (Å²) in [5.74, 6) is -0.0614. The highest BCUT2D eigenvalue weighted by atomic mass is 16.3. The van der Waals surface area contributed by atoms with Crippen LogP contribution in [0.25, 0.3) is 0 Å². The lowest BCUT2D eigenvalue weighted by Crippen LogP contribution is -2.39. The van der Waals surface area contributed by atoms with Crippen molar-refractivity contribution >= 4 is 5.91 Å². The number of carbonyl (C=O) groups is 1. The second-order valence-corrected chi connectivity index (χ2v) is 4.69. The van der Waals surface area contributed by atoms with Crippen LogP contribution in [0.2, 0.25) is 0 Å². The molecule has 0 radical (unpaired) electrons. The van der Waals surface area contributed by atoms with Crippen molar-refractivity contribution in [1.29, 1.82) is 0 Å². The van der Waals surface area contributed by atoms with Gasteiger partial charge in [-0.2, -0.15) is 0 Å². The van der Waals surface area contributed by atoms with E-state index in [0.29, 0.717) is 19.4 Å². The first kappa shape index (κ1) is 14.3. The van der Waals surface area contributed by atoms with Gasteiger partial charge in [0.05, 0.1) is 19.0 Å². The van der Waals surface area contributed by atoms with Gasteiger partial charge in [-0.1, -0.05) is 30.3 Å². The largest absolute Gasteiger partial charge is 0.394 e. The highest BCUT2D eigenvalue weighted by molar-refractivity contribution is 5.76. The molecule has 2 N–H and O–H groups in total. The maximum Gasteiger partial charge on any atom is 0.222 e. The number of aliphatic hydroxyl groups is 1. The summed E-state index contributed by atoms with van der Waals surface area (Å²) < 4.78 is 1.85.